The first-order valence-corrected chi connectivity index (χ1v) is 5.14. The lowest BCUT2D eigenvalue weighted by Crippen LogP contribution is -2.17. The van der Waals surface area contributed by atoms with Crippen LogP contribution < -0.4 is 10.5 Å². The molecule has 0 aliphatic heterocycles. The van der Waals surface area contributed by atoms with Crippen LogP contribution in [0.15, 0.2) is 29.3 Å². The largest absolute Gasteiger partial charge is 0.573 e. The first-order valence-electron chi connectivity index (χ1n) is 5.14. The van der Waals surface area contributed by atoms with Crippen LogP contribution in [0.25, 0.3) is 0 Å². The SMILES string of the molecule is NC(=Nc1ccccc1OC(F)(F)F)C1CC1. The number of para-hydroxylation sites is 2. The minimum Gasteiger partial charge on any atom is -0.403 e. The Labute approximate surface area is 96.1 Å². The molecule has 1 saturated carbocycles. The molecule has 0 aromatic heterocycles. The fraction of sp³-hybridized carbons (Fsp3) is 0.364. The van der Waals surface area contributed by atoms with Crippen LogP contribution in [0, 0.1) is 5.92 Å². The second-order valence-electron chi connectivity index (χ2n) is 3.83. The number of nitrogens with zero attached hydrogens (tertiary/aromatic N) is 1. The van der Waals surface area contributed by atoms with Crippen molar-refractivity contribution in [2.45, 2.75) is 19.2 Å². The van der Waals surface area contributed by atoms with Gasteiger partial charge >= 0.3 is 6.36 Å². The van der Waals surface area contributed by atoms with Crippen LogP contribution in [0.1, 0.15) is 12.8 Å². The van der Waals surface area contributed by atoms with E-state index < -0.39 is 6.36 Å². The van der Waals surface area contributed by atoms with E-state index in [0.717, 1.165) is 12.8 Å². The van der Waals surface area contributed by atoms with Crippen molar-refractivity contribution >= 4 is 11.5 Å². The third kappa shape index (κ3) is 3.37. The molecule has 17 heavy (non-hydrogen) atoms. The molecular formula is C11H11F3N2O. The number of rotatable bonds is 3. The first-order chi connectivity index (χ1) is 7.96. The van der Waals surface area contributed by atoms with Gasteiger partial charge in [0, 0.05) is 5.92 Å². The Morgan fingerprint density at radius 1 is 1.29 bits per heavy atom. The van der Waals surface area contributed by atoms with Crippen LogP contribution >= 0.6 is 0 Å². The molecular weight excluding hydrogens is 233 g/mol. The minimum atomic E-state index is -4.72. The zero-order valence-electron chi connectivity index (χ0n) is 8.87. The topological polar surface area (TPSA) is 47.6 Å². The summed E-state index contributed by atoms with van der Waals surface area (Å²) in [6.07, 6.45) is -2.84. The summed E-state index contributed by atoms with van der Waals surface area (Å²) >= 11 is 0. The lowest BCUT2D eigenvalue weighted by atomic mass is 10.3. The monoisotopic (exact) mass is 244 g/mol. The van der Waals surface area contributed by atoms with Crippen molar-refractivity contribution in [3.05, 3.63) is 24.3 Å². The average molecular weight is 244 g/mol. The van der Waals surface area contributed by atoms with Gasteiger partial charge in [-0.3, -0.25) is 0 Å². The highest BCUT2D eigenvalue weighted by molar-refractivity contribution is 5.87. The van der Waals surface area contributed by atoms with Crippen molar-refractivity contribution in [3.8, 4) is 5.75 Å². The standard InChI is InChI=1S/C11H11F3N2O/c12-11(13,14)17-9-4-2-1-3-8(9)16-10(15)7-5-6-7/h1-4,7H,5-6H2,(H2,15,16). The molecule has 0 atom stereocenters. The van der Waals surface area contributed by atoms with Gasteiger partial charge in [-0.05, 0) is 25.0 Å². The van der Waals surface area contributed by atoms with Crippen molar-refractivity contribution in [1.82, 2.24) is 0 Å². The van der Waals surface area contributed by atoms with E-state index in [1.165, 1.54) is 18.2 Å². The highest BCUT2D eigenvalue weighted by atomic mass is 19.4. The van der Waals surface area contributed by atoms with Crippen LogP contribution in [0.5, 0.6) is 5.75 Å². The van der Waals surface area contributed by atoms with E-state index >= 15 is 0 Å². The highest BCUT2D eigenvalue weighted by Crippen LogP contribution is 2.35. The minimum absolute atomic E-state index is 0.106. The fourth-order valence-electron chi connectivity index (χ4n) is 1.37. The van der Waals surface area contributed by atoms with E-state index in [1.807, 2.05) is 0 Å². The van der Waals surface area contributed by atoms with Crippen molar-refractivity contribution in [1.29, 1.82) is 0 Å². The van der Waals surface area contributed by atoms with E-state index in [4.69, 9.17) is 5.73 Å². The average Bonchev–Trinajstić information content (AvgIpc) is 3.02. The van der Waals surface area contributed by atoms with E-state index in [0.29, 0.717) is 5.84 Å². The summed E-state index contributed by atoms with van der Waals surface area (Å²) in [6.45, 7) is 0. The van der Waals surface area contributed by atoms with Gasteiger partial charge in [0.25, 0.3) is 0 Å². The molecule has 92 valence electrons. The highest BCUT2D eigenvalue weighted by Gasteiger charge is 2.32. The summed E-state index contributed by atoms with van der Waals surface area (Å²) in [5.74, 6) is 0.237. The Bertz CT molecular complexity index is 439. The molecule has 0 amide bonds. The smallest absolute Gasteiger partial charge is 0.403 e. The first kappa shape index (κ1) is 11.8. The number of aliphatic imine (C=N–C) groups is 1. The Balaban J connectivity index is 2.24. The number of ether oxygens (including phenoxy) is 1. The summed E-state index contributed by atoms with van der Waals surface area (Å²) in [7, 11) is 0. The Morgan fingerprint density at radius 3 is 2.53 bits per heavy atom. The lowest BCUT2D eigenvalue weighted by Gasteiger charge is -2.11. The van der Waals surface area contributed by atoms with Crippen molar-refractivity contribution in [3.63, 3.8) is 0 Å². The van der Waals surface area contributed by atoms with E-state index in [-0.39, 0.29) is 17.4 Å². The molecule has 0 saturated heterocycles. The number of nitrogens with two attached hydrogens (primary N) is 1. The van der Waals surface area contributed by atoms with Crippen LogP contribution in [-0.4, -0.2) is 12.2 Å². The molecule has 0 bridgehead atoms. The van der Waals surface area contributed by atoms with Gasteiger partial charge in [0.15, 0.2) is 5.75 Å². The van der Waals surface area contributed by atoms with Gasteiger partial charge in [-0.2, -0.15) is 0 Å². The Morgan fingerprint density at radius 2 is 1.94 bits per heavy atom. The molecule has 1 aliphatic rings. The number of hydrogen-bond acceptors (Lipinski definition) is 2. The normalized spacial score (nSPS) is 17.0. The van der Waals surface area contributed by atoms with Crippen LogP contribution in [0.2, 0.25) is 0 Å². The fourth-order valence-corrected chi connectivity index (χ4v) is 1.37. The molecule has 2 N–H and O–H groups in total. The quantitative estimate of drug-likeness (QED) is 0.656. The molecule has 0 unspecified atom stereocenters. The van der Waals surface area contributed by atoms with Gasteiger partial charge in [-0.1, -0.05) is 12.1 Å². The molecule has 0 spiro atoms. The summed E-state index contributed by atoms with van der Waals surface area (Å²) in [5.41, 5.74) is 5.76. The summed E-state index contributed by atoms with van der Waals surface area (Å²) in [4.78, 5) is 3.97. The Hall–Kier alpha value is -1.72. The molecule has 3 nitrogen and oxygen atoms in total. The van der Waals surface area contributed by atoms with Gasteiger partial charge in [-0.25, -0.2) is 4.99 Å². The molecule has 1 aromatic rings. The Kier molecular flexibility index (Phi) is 2.95. The molecule has 2 rings (SSSR count). The van der Waals surface area contributed by atoms with Gasteiger partial charge in [0.05, 0.1) is 0 Å². The number of halogens is 3. The van der Waals surface area contributed by atoms with Crippen molar-refractivity contribution in [2.75, 3.05) is 0 Å². The van der Waals surface area contributed by atoms with E-state index in [2.05, 4.69) is 9.73 Å². The van der Waals surface area contributed by atoms with Crippen molar-refractivity contribution < 1.29 is 17.9 Å². The van der Waals surface area contributed by atoms with Gasteiger partial charge in [0.2, 0.25) is 0 Å². The number of alkyl halides is 3. The number of amidine groups is 1. The second-order valence-corrected chi connectivity index (χ2v) is 3.83. The maximum atomic E-state index is 12.1. The predicted molar refractivity (Wildman–Crippen MR) is 57.1 cm³/mol. The van der Waals surface area contributed by atoms with Gasteiger partial charge < -0.3 is 10.5 Å². The molecule has 1 aliphatic carbocycles. The number of benzene rings is 1. The third-order valence-electron chi connectivity index (χ3n) is 2.34. The molecule has 6 heteroatoms. The molecule has 1 fully saturated rings. The zero-order valence-corrected chi connectivity index (χ0v) is 8.87. The van der Waals surface area contributed by atoms with Crippen LogP contribution in [-0.2, 0) is 0 Å². The zero-order chi connectivity index (χ0) is 12.5. The van der Waals surface area contributed by atoms with Gasteiger partial charge in [-0.15, -0.1) is 13.2 Å². The maximum absolute atomic E-state index is 12.1. The predicted octanol–water partition coefficient (Wildman–Crippen LogP) is 2.98. The van der Waals surface area contributed by atoms with Crippen LogP contribution in [0.3, 0.4) is 0 Å². The van der Waals surface area contributed by atoms with Crippen molar-refractivity contribution in [2.24, 2.45) is 16.6 Å². The lowest BCUT2D eigenvalue weighted by molar-refractivity contribution is -0.274. The third-order valence-corrected chi connectivity index (χ3v) is 2.34. The molecule has 0 heterocycles. The molecule has 0 radical (unpaired) electrons. The van der Waals surface area contributed by atoms with E-state index in [1.54, 1.807) is 6.07 Å². The van der Waals surface area contributed by atoms with E-state index in [9.17, 15) is 13.2 Å². The number of hydrogen-bond donors (Lipinski definition) is 1. The summed E-state index contributed by atoms with van der Waals surface area (Å²) in [6, 6.07) is 5.69. The molecule has 1 aromatic carbocycles. The van der Waals surface area contributed by atoms with Gasteiger partial charge in [0.1, 0.15) is 11.5 Å². The second kappa shape index (κ2) is 4.27. The summed E-state index contributed by atoms with van der Waals surface area (Å²) in [5, 5.41) is 0. The summed E-state index contributed by atoms with van der Waals surface area (Å²) < 4.78 is 40.3. The maximum Gasteiger partial charge on any atom is 0.573 e. The van der Waals surface area contributed by atoms with Crippen LogP contribution in [0.4, 0.5) is 18.9 Å².